The van der Waals surface area contributed by atoms with Gasteiger partial charge in [-0.25, -0.2) is 0 Å². The minimum absolute atomic E-state index is 0.0303. The Morgan fingerprint density at radius 1 is 1.26 bits per heavy atom. The number of aryl methyl sites for hydroxylation is 1. The molecular formula is C21H22F3N5O2. The lowest BCUT2D eigenvalue weighted by Gasteiger charge is -2.14. The summed E-state index contributed by atoms with van der Waals surface area (Å²) in [6, 6.07) is 6.52. The number of ketones is 1. The minimum atomic E-state index is -4.46. The smallest absolute Gasteiger partial charge is 0.376 e. The molecule has 1 atom stereocenters. The summed E-state index contributed by atoms with van der Waals surface area (Å²) in [5.41, 5.74) is 1.76. The Bertz CT molecular complexity index is 1100. The molecule has 1 fully saturated rings. The number of nitrogens with zero attached hydrogens (tertiary/aromatic N) is 5. The standard InChI is InChI=1S/C21H22F3N5O2/c1-13-9-18(14(2)28(13)11-17-7-4-8-31-17)19(30)12-29-26-20(25-27-29)15-5-3-6-16(10-15)21(22,23)24/h3,5-6,9-10,17H,4,7-8,11-12H2,1-2H3/t17-/m1/s1. The maximum atomic E-state index is 12.9. The molecule has 0 bridgehead atoms. The Morgan fingerprint density at radius 2 is 2.06 bits per heavy atom. The summed E-state index contributed by atoms with van der Waals surface area (Å²) in [4.78, 5) is 13.9. The van der Waals surface area contributed by atoms with Crippen molar-refractivity contribution in [3.63, 3.8) is 0 Å². The molecule has 0 spiro atoms. The SMILES string of the molecule is Cc1cc(C(=O)Cn2nnc(-c3cccc(C(F)(F)F)c3)n2)c(C)n1C[C@H]1CCCO1. The van der Waals surface area contributed by atoms with E-state index in [4.69, 9.17) is 4.74 Å². The maximum absolute atomic E-state index is 12.9. The lowest BCUT2D eigenvalue weighted by atomic mass is 10.1. The second kappa shape index (κ2) is 8.26. The zero-order valence-corrected chi connectivity index (χ0v) is 17.2. The second-order valence-electron chi connectivity index (χ2n) is 7.68. The molecule has 7 nitrogen and oxygen atoms in total. The van der Waals surface area contributed by atoms with E-state index in [0.717, 1.165) is 47.8 Å². The molecule has 0 radical (unpaired) electrons. The molecule has 0 amide bonds. The largest absolute Gasteiger partial charge is 0.416 e. The predicted octanol–water partition coefficient (Wildman–Crippen LogP) is 3.84. The first kappa shape index (κ1) is 21.2. The zero-order chi connectivity index (χ0) is 22.2. The lowest BCUT2D eigenvalue weighted by molar-refractivity contribution is -0.137. The summed E-state index contributed by atoms with van der Waals surface area (Å²) < 4.78 is 46.6. The Hall–Kier alpha value is -3.01. The molecule has 10 heteroatoms. The van der Waals surface area contributed by atoms with Crippen LogP contribution in [0, 0.1) is 13.8 Å². The number of halogens is 3. The van der Waals surface area contributed by atoms with E-state index in [9.17, 15) is 18.0 Å². The van der Waals surface area contributed by atoms with Crippen LogP contribution in [0.2, 0.25) is 0 Å². The highest BCUT2D eigenvalue weighted by Crippen LogP contribution is 2.31. The molecule has 0 saturated carbocycles. The first-order valence-electron chi connectivity index (χ1n) is 9.99. The second-order valence-corrected chi connectivity index (χ2v) is 7.68. The van der Waals surface area contributed by atoms with Crippen molar-refractivity contribution in [2.24, 2.45) is 0 Å². The number of rotatable bonds is 6. The van der Waals surface area contributed by atoms with E-state index in [0.29, 0.717) is 12.1 Å². The summed E-state index contributed by atoms with van der Waals surface area (Å²) in [5, 5.41) is 11.7. The normalized spacial score (nSPS) is 16.7. The lowest BCUT2D eigenvalue weighted by Crippen LogP contribution is -2.18. The Morgan fingerprint density at radius 3 is 2.77 bits per heavy atom. The Balaban J connectivity index is 1.50. The number of aromatic nitrogens is 5. The molecule has 3 aromatic rings. The number of hydrogen-bond donors (Lipinski definition) is 0. The van der Waals surface area contributed by atoms with E-state index < -0.39 is 11.7 Å². The molecule has 0 aliphatic carbocycles. The van der Waals surface area contributed by atoms with E-state index in [-0.39, 0.29) is 29.8 Å². The molecule has 4 rings (SSSR count). The average molecular weight is 433 g/mol. The van der Waals surface area contributed by atoms with Crippen molar-refractivity contribution >= 4 is 5.78 Å². The number of carbonyl (C=O) groups is 1. The van der Waals surface area contributed by atoms with Crippen LogP contribution in [0.3, 0.4) is 0 Å². The van der Waals surface area contributed by atoms with Crippen LogP contribution in [-0.2, 0) is 24.0 Å². The van der Waals surface area contributed by atoms with Crippen LogP contribution in [-0.4, -0.2) is 43.3 Å². The van der Waals surface area contributed by atoms with Gasteiger partial charge in [0.05, 0.1) is 11.7 Å². The summed E-state index contributed by atoms with van der Waals surface area (Å²) >= 11 is 0. The van der Waals surface area contributed by atoms with Gasteiger partial charge in [0.2, 0.25) is 5.82 Å². The van der Waals surface area contributed by atoms with Crippen LogP contribution in [0.1, 0.15) is 40.2 Å². The summed E-state index contributed by atoms with van der Waals surface area (Å²) in [5.74, 6) is -0.164. The molecule has 3 heterocycles. The van der Waals surface area contributed by atoms with Crippen molar-refractivity contribution in [2.75, 3.05) is 6.61 Å². The van der Waals surface area contributed by atoms with Gasteiger partial charge in [0.25, 0.3) is 0 Å². The third-order valence-electron chi connectivity index (χ3n) is 5.47. The van der Waals surface area contributed by atoms with Crippen molar-refractivity contribution in [1.82, 2.24) is 24.8 Å². The third-order valence-corrected chi connectivity index (χ3v) is 5.47. The summed E-state index contributed by atoms with van der Waals surface area (Å²) in [6.45, 7) is 5.14. The van der Waals surface area contributed by atoms with Gasteiger partial charge in [-0.2, -0.15) is 18.0 Å². The van der Waals surface area contributed by atoms with Crippen LogP contribution in [0.15, 0.2) is 30.3 Å². The minimum Gasteiger partial charge on any atom is -0.376 e. The van der Waals surface area contributed by atoms with Crippen LogP contribution < -0.4 is 0 Å². The van der Waals surface area contributed by atoms with Gasteiger partial charge in [-0.15, -0.1) is 10.2 Å². The van der Waals surface area contributed by atoms with Gasteiger partial charge < -0.3 is 9.30 Å². The molecule has 2 aromatic heterocycles. The van der Waals surface area contributed by atoms with Crippen molar-refractivity contribution < 1.29 is 22.7 Å². The highest BCUT2D eigenvalue weighted by molar-refractivity contribution is 5.97. The highest BCUT2D eigenvalue weighted by Gasteiger charge is 2.31. The highest BCUT2D eigenvalue weighted by atomic mass is 19.4. The molecule has 164 valence electrons. The van der Waals surface area contributed by atoms with Crippen molar-refractivity contribution in [2.45, 2.75) is 52.1 Å². The quantitative estimate of drug-likeness (QED) is 0.552. The Kier molecular flexibility index (Phi) is 5.65. The van der Waals surface area contributed by atoms with Gasteiger partial charge in [-0.3, -0.25) is 4.79 Å². The molecule has 31 heavy (non-hydrogen) atoms. The van der Waals surface area contributed by atoms with E-state index in [1.807, 2.05) is 19.9 Å². The fourth-order valence-electron chi connectivity index (χ4n) is 3.83. The van der Waals surface area contributed by atoms with Gasteiger partial charge in [-0.05, 0) is 50.1 Å². The number of hydrogen-bond acceptors (Lipinski definition) is 5. The number of carbonyl (C=O) groups excluding carboxylic acids is 1. The first-order valence-corrected chi connectivity index (χ1v) is 9.99. The topological polar surface area (TPSA) is 74.8 Å². The number of Topliss-reactive ketones (excluding diaryl/α,β-unsaturated/α-hetero) is 1. The van der Waals surface area contributed by atoms with Gasteiger partial charge in [0, 0.05) is 35.7 Å². The molecule has 1 aromatic carbocycles. The third kappa shape index (κ3) is 4.53. The van der Waals surface area contributed by atoms with Crippen LogP contribution >= 0.6 is 0 Å². The molecule has 0 unspecified atom stereocenters. The summed E-state index contributed by atoms with van der Waals surface area (Å²) in [7, 11) is 0. The zero-order valence-electron chi connectivity index (χ0n) is 17.2. The summed E-state index contributed by atoms with van der Waals surface area (Å²) in [6.07, 6.45) is -2.27. The fourth-order valence-corrected chi connectivity index (χ4v) is 3.83. The van der Waals surface area contributed by atoms with Gasteiger partial charge in [-0.1, -0.05) is 12.1 Å². The molecule has 1 aliphatic rings. The number of tetrazole rings is 1. The van der Waals surface area contributed by atoms with E-state index in [1.54, 1.807) is 0 Å². The molecular weight excluding hydrogens is 411 g/mol. The van der Waals surface area contributed by atoms with E-state index in [1.165, 1.54) is 12.1 Å². The van der Waals surface area contributed by atoms with Crippen molar-refractivity contribution in [3.05, 3.63) is 52.8 Å². The van der Waals surface area contributed by atoms with Crippen LogP contribution in [0.5, 0.6) is 0 Å². The first-order chi connectivity index (χ1) is 14.7. The van der Waals surface area contributed by atoms with Crippen molar-refractivity contribution in [1.29, 1.82) is 0 Å². The van der Waals surface area contributed by atoms with Gasteiger partial charge in [0.1, 0.15) is 6.54 Å². The van der Waals surface area contributed by atoms with Crippen LogP contribution in [0.25, 0.3) is 11.4 Å². The fraction of sp³-hybridized carbons (Fsp3) is 0.429. The molecule has 0 N–H and O–H groups in total. The van der Waals surface area contributed by atoms with Gasteiger partial charge in [0.15, 0.2) is 5.78 Å². The Labute approximate surface area is 176 Å². The average Bonchev–Trinajstić information content (AvgIpc) is 3.46. The van der Waals surface area contributed by atoms with Crippen LogP contribution in [0.4, 0.5) is 13.2 Å². The van der Waals surface area contributed by atoms with Crippen molar-refractivity contribution in [3.8, 4) is 11.4 Å². The monoisotopic (exact) mass is 433 g/mol. The van der Waals surface area contributed by atoms with Gasteiger partial charge >= 0.3 is 6.18 Å². The van der Waals surface area contributed by atoms with E-state index in [2.05, 4.69) is 20.0 Å². The maximum Gasteiger partial charge on any atom is 0.416 e. The number of alkyl halides is 3. The number of benzene rings is 1. The molecule has 1 aliphatic heterocycles. The molecule has 1 saturated heterocycles. The number of ether oxygens (including phenoxy) is 1. The predicted molar refractivity (Wildman–Crippen MR) is 105 cm³/mol. The van der Waals surface area contributed by atoms with E-state index >= 15 is 0 Å².